The molecule has 2 aromatic carbocycles. The summed E-state index contributed by atoms with van der Waals surface area (Å²) in [6.45, 7) is 3.71. The Kier molecular flexibility index (Phi) is 9.21. The van der Waals surface area contributed by atoms with Gasteiger partial charge < -0.3 is 29.5 Å². The number of aromatic nitrogens is 1. The zero-order valence-electron chi connectivity index (χ0n) is 20.9. The minimum atomic E-state index is -0.294. The third-order valence-corrected chi connectivity index (χ3v) is 7.10. The Balaban J connectivity index is 1.34. The minimum absolute atomic E-state index is 0.0938. The average Bonchev–Trinajstić information content (AvgIpc) is 3.39. The van der Waals surface area contributed by atoms with Crippen LogP contribution in [0.25, 0.3) is 0 Å². The van der Waals surface area contributed by atoms with Crippen LogP contribution < -0.4 is 15.0 Å². The van der Waals surface area contributed by atoms with Crippen molar-refractivity contribution in [2.45, 2.75) is 6.54 Å². The van der Waals surface area contributed by atoms with Crippen molar-refractivity contribution in [1.82, 2.24) is 14.8 Å². The molecule has 1 saturated heterocycles. The molecule has 37 heavy (non-hydrogen) atoms. The highest BCUT2D eigenvalue weighted by atomic mass is 35.5. The number of hydrogen-bond donors (Lipinski definition) is 1. The number of carbonyl (C=O) groups excluding carboxylic acids is 2. The van der Waals surface area contributed by atoms with Gasteiger partial charge in [0, 0.05) is 61.6 Å². The summed E-state index contributed by atoms with van der Waals surface area (Å²) in [5.74, 6) is 0.725. The highest BCUT2D eigenvalue weighted by Gasteiger charge is 2.25. The van der Waals surface area contributed by atoms with Crippen molar-refractivity contribution in [2.24, 2.45) is 0 Å². The van der Waals surface area contributed by atoms with Gasteiger partial charge in [0.2, 0.25) is 0 Å². The Hall–Kier alpha value is -3.34. The van der Waals surface area contributed by atoms with Crippen LogP contribution in [0.1, 0.15) is 15.5 Å². The number of rotatable bonds is 9. The molecule has 1 N–H and O–H groups in total. The number of methoxy groups -OCH3 is 2. The standard InChI is InChI=1S/C26H30ClN5O4S/c1-35-15-14-32(26(34)28-20-5-3-4-19(27)16-20)17-24-29-23(18-37-24)25(33)31-12-10-30(11-13-31)21-6-8-22(36-2)9-7-21/h3-9,16,18H,10-15,17H2,1-2H3,(H,28,34). The number of ether oxygens (including phenoxy) is 2. The third kappa shape index (κ3) is 7.12. The van der Waals surface area contributed by atoms with Crippen LogP contribution in [0.5, 0.6) is 5.75 Å². The first kappa shape index (κ1) is 26.7. The van der Waals surface area contributed by atoms with Crippen molar-refractivity contribution in [3.05, 3.63) is 69.6 Å². The summed E-state index contributed by atoms with van der Waals surface area (Å²) >= 11 is 7.40. The zero-order chi connectivity index (χ0) is 26.2. The first-order valence-electron chi connectivity index (χ1n) is 11.9. The SMILES string of the molecule is COCCN(Cc1nc(C(=O)N2CCN(c3ccc(OC)cc3)CC2)cs1)C(=O)Nc1cccc(Cl)c1. The van der Waals surface area contributed by atoms with Crippen molar-refractivity contribution in [1.29, 1.82) is 0 Å². The summed E-state index contributed by atoms with van der Waals surface area (Å²) in [6.07, 6.45) is 0. The van der Waals surface area contributed by atoms with Crippen LogP contribution in [0.3, 0.4) is 0 Å². The van der Waals surface area contributed by atoms with Gasteiger partial charge in [0.05, 0.1) is 20.3 Å². The normalized spacial score (nSPS) is 13.4. The summed E-state index contributed by atoms with van der Waals surface area (Å²) in [7, 11) is 3.23. The van der Waals surface area contributed by atoms with Crippen LogP contribution in [-0.4, -0.2) is 80.3 Å². The molecule has 0 saturated carbocycles. The van der Waals surface area contributed by atoms with Gasteiger partial charge in [-0.2, -0.15) is 0 Å². The van der Waals surface area contributed by atoms with Gasteiger partial charge in [-0.25, -0.2) is 9.78 Å². The van der Waals surface area contributed by atoms with Gasteiger partial charge in [-0.15, -0.1) is 11.3 Å². The number of nitrogens with one attached hydrogen (secondary N) is 1. The maximum atomic E-state index is 13.1. The van der Waals surface area contributed by atoms with Crippen molar-refractivity contribution >= 4 is 46.3 Å². The second kappa shape index (κ2) is 12.8. The van der Waals surface area contributed by atoms with Crippen molar-refractivity contribution in [2.75, 3.05) is 63.8 Å². The zero-order valence-corrected chi connectivity index (χ0v) is 22.4. The van der Waals surface area contributed by atoms with Gasteiger partial charge in [0.1, 0.15) is 16.5 Å². The van der Waals surface area contributed by atoms with Crippen LogP contribution in [0.2, 0.25) is 5.02 Å². The second-order valence-corrected chi connectivity index (χ2v) is 9.84. The molecule has 3 aromatic rings. The molecule has 4 rings (SSSR count). The molecule has 1 aliphatic heterocycles. The van der Waals surface area contributed by atoms with E-state index in [0.29, 0.717) is 47.7 Å². The predicted octanol–water partition coefficient (Wildman–Crippen LogP) is 4.45. The summed E-state index contributed by atoms with van der Waals surface area (Å²) in [4.78, 5) is 36.3. The number of anilines is 2. The molecular formula is C26H30ClN5O4S. The molecule has 0 unspecified atom stereocenters. The highest BCUT2D eigenvalue weighted by Crippen LogP contribution is 2.22. The lowest BCUT2D eigenvalue weighted by Gasteiger charge is -2.35. The number of benzene rings is 2. The highest BCUT2D eigenvalue weighted by molar-refractivity contribution is 7.09. The van der Waals surface area contributed by atoms with E-state index in [2.05, 4.69) is 15.2 Å². The fraction of sp³-hybridized carbons (Fsp3) is 0.346. The Bertz CT molecular complexity index is 1200. The summed E-state index contributed by atoms with van der Waals surface area (Å²) in [6, 6.07) is 14.6. The molecule has 0 radical (unpaired) electrons. The lowest BCUT2D eigenvalue weighted by molar-refractivity contribution is 0.0741. The smallest absolute Gasteiger partial charge is 0.322 e. The Morgan fingerprint density at radius 1 is 1.11 bits per heavy atom. The molecule has 9 nitrogen and oxygen atoms in total. The topological polar surface area (TPSA) is 87.2 Å². The van der Waals surface area contributed by atoms with Gasteiger partial charge in [-0.05, 0) is 42.5 Å². The molecule has 11 heteroatoms. The molecular weight excluding hydrogens is 514 g/mol. The third-order valence-electron chi connectivity index (χ3n) is 6.03. The molecule has 2 heterocycles. The predicted molar refractivity (Wildman–Crippen MR) is 146 cm³/mol. The lowest BCUT2D eigenvalue weighted by Crippen LogP contribution is -2.48. The largest absolute Gasteiger partial charge is 0.497 e. The lowest BCUT2D eigenvalue weighted by atomic mass is 10.2. The molecule has 1 aromatic heterocycles. The number of urea groups is 1. The van der Waals surface area contributed by atoms with Crippen LogP contribution in [0.4, 0.5) is 16.2 Å². The molecule has 0 spiro atoms. The number of amides is 3. The molecule has 1 fully saturated rings. The van der Waals surface area contributed by atoms with E-state index in [9.17, 15) is 9.59 Å². The Labute approximate surface area is 225 Å². The summed E-state index contributed by atoms with van der Waals surface area (Å²) in [5.41, 5.74) is 2.11. The van der Waals surface area contributed by atoms with E-state index in [1.807, 2.05) is 29.2 Å². The van der Waals surface area contributed by atoms with E-state index in [4.69, 9.17) is 21.1 Å². The summed E-state index contributed by atoms with van der Waals surface area (Å²) in [5, 5.41) is 5.83. The molecule has 3 amide bonds. The average molecular weight is 544 g/mol. The van der Waals surface area contributed by atoms with E-state index >= 15 is 0 Å². The van der Waals surface area contributed by atoms with E-state index in [1.54, 1.807) is 48.8 Å². The van der Waals surface area contributed by atoms with Gasteiger partial charge in [-0.1, -0.05) is 17.7 Å². The minimum Gasteiger partial charge on any atom is -0.497 e. The Morgan fingerprint density at radius 3 is 2.54 bits per heavy atom. The van der Waals surface area contributed by atoms with Gasteiger partial charge in [0.25, 0.3) is 5.91 Å². The van der Waals surface area contributed by atoms with Crippen LogP contribution >= 0.6 is 22.9 Å². The molecule has 0 aliphatic carbocycles. The number of hydrogen-bond acceptors (Lipinski definition) is 7. The van der Waals surface area contributed by atoms with Crippen molar-refractivity contribution in [3.63, 3.8) is 0 Å². The van der Waals surface area contributed by atoms with Crippen LogP contribution in [0.15, 0.2) is 53.9 Å². The molecule has 0 atom stereocenters. The number of nitrogens with zero attached hydrogens (tertiary/aromatic N) is 4. The van der Waals surface area contributed by atoms with Crippen LogP contribution in [-0.2, 0) is 11.3 Å². The van der Waals surface area contributed by atoms with Crippen molar-refractivity contribution < 1.29 is 19.1 Å². The molecule has 196 valence electrons. The van der Waals surface area contributed by atoms with Crippen LogP contribution in [0, 0.1) is 0 Å². The number of piperazine rings is 1. The van der Waals surface area contributed by atoms with E-state index in [1.165, 1.54) is 11.3 Å². The number of carbonyl (C=O) groups is 2. The molecule has 1 aliphatic rings. The monoisotopic (exact) mass is 543 g/mol. The summed E-state index contributed by atoms with van der Waals surface area (Å²) < 4.78 is 10.4. The van der Waals surface area contributed by atoms with E-state index < -0.39 is 0 Å². The first-order valence-corrected chi connectivity index (χ1v) is 13.2. The fourth-order valence-corrected chi connectivity index (χ4v) is 4.96. The maximum absolute atomic E-state index is 13.1. The first-order chi connectivity index (χ1) is 18.0. The van der Waals surface area contributed by atoms with Gasteiger partial charge in [-0.3, -0.25) is 4.79 Å². The van der Waals surface area contributed by atoms with E-state index in [-0.39, 0.29) is 18.5 Å². The second-order valence-electron chi connectivity index (χ2n) is 8.46. The molecule has 0 bridgehead atoms. The van der Waals surface area contributed by atoms with E-state index in [0.717, 1.165) is 24.5 Å². The Morgan fingerprint density at radius 2 is 1.86 bits per heavy atom. The maximum Gasteiger partial charge on any atom is 0.322 e. The van der Waals surface area contributed by atoms with Crippen molar-refractivity contribution in [3.8, 4) is 5.75 Å². The fourth-order valence-electron chi connectivity index (χ4n) is 3.99. The quantitative estimate of drug-likeness (QED) is 0.429. The number of halogens is 1. The van der Waals surface area contributed by atoms with Gasteiger partial charge >= 0.3 is 6.03 Å². The van der Waals surface area contributed by atoms with Gasteiger partial charge in [0.15, 0.2) is 0 Å². The number of thiazole rings is 1.